The van der Waals surface area contributed by atoms with Gasteiger partial charge in [0.15, 0.2) is 0 Å². The summed E-state index contributed by atoms with van der Waals surface area (Å²) in [4.78, 5) is 11.9. The van der Waals surface area contributed by atoms with E-state index in [2.05, 4.69) is 21.2 Å². The van der Waals surface area contributed by atoms with E-state index in [0.29, 0.717) is 0 Å². The molecule has 0 heterocycles. The van der Waals surface area contributed by atoms with Crippen LogP contribution in [0.3, 0.4) is 0 Å². The third-order valence-corrected chi connectivity index (χ3v) is 4.31. The molecule has 0 spiro atoms. The molecule has 0 unspecified atom stereocenters. The zero-order chi connectivity index (χ0) is 14.5. The van der Waals surface area contributed by atoms with Gasteiger partial charge < -0.3 is 10.4 Å². The first kappa shape index (κ1) is 15.3. The molecule has 20 heavy (non-hydrogen) atoms. The van der Waals surface area contributed by atoms with Crippen molar-refractivity contribution in [3.63, 3.8) is 0 Å². The lowest BCUT2D eigenvalue weighted by molar-refractivity contribution is -0.118. The van der Waals surface area contributed by atoms with E-state index >= 15 is 0 Å². The van der Waals surface area contributed by atoms with Crippen molar-refractivity contribution in [2.45, 2.75) is 44.8 Å². The van der Waals surface area contributed by atoms with Gasteiger partial charge in [-0.05, 0) is 43.0 Å². The van der Waals surface area contributed by atoms with Crippen molar-refractivity contribution in [1.82, 2.24) is 5.32 Å². The normalized spacial score (nSPS) is 22.9. The Kier molecular flexibility index (Phi) is 5.38. The molecule has 0 aliphatic heterocycles. The van der Waals surface area contributed by atoms with Gasteiger partial charge >= 0.3 is 0 Å². The van der Waals surface area contributed by atoms with E-state index in [1.807, 2.05) is 25.1 Å². The Bertz CT molecular complexity index is 513. The maximum Gasteiger partial charge on any atom is 0.244 e. The van der Waals surface area contributed by atoms with Crippen LogP contribution in [-0.2, 0) is 4.79 Å². The minimum atomic E-state index is -0.410. The van der Waals surface area contributed by atoms with Gasteiger partial charge in [-0.3, -0.25) is 4.79 Å². The second-order valence-corrected chi connectivity index (χ2v) is 6.18. The Morgan fingerprint density at radius 2 is 2.15 bits per heavy atom. The number of amides is 1. The molecular formula is C16H20BrNO2. The summed E-state index contributed by atoms with van der Waals surface area (Å²) in [6.07, 6.45) is 6.64. The van der Waals surface area contributed by atoms with Gasteiger partial charge in [0, 0.05) is 10.5 Å². The molecule has 1 saturated carbocycles. The molecule has 1 aliphatic rings. The van der Waals surface area contributed by atoms with Gasteiger partial charge in [0.2, 0.25) is 5.91 Å². The molecule has 0 saturated heterocycles. The van der Waals surface area contributed by atoms with Crippen LogP contribution in [0.2, 0.25) is 0 Å². The van der Waals surface area contributed by atoms with Crippen molar-refractivity contribution < 1.29 is 9.90 Å². The first-order valence-electron chi connectivity index (χ1n) is 6.99. The van der Waals surface area contributed by atoms with E-state index in [4.69, 9.17) is 0 Å². The van der Waals surface area contributed by atoms with Crippen molar-refractivity contribution >= 4 is 27.9 Å². The highest BCUT2D eigenvalue weighted by Gasteiger charge is 2.23. The summed E-state index contributed by atoms with van der Waals surface area (Å²) >= 11 is 3.48. The van der Waals surface area contributed by atoms with E-state index in [1.165, 1.54) is 11.6 Å². The Morgan fingerprint density at radius 1 is 1.40 bits per heavy atom. The number of halogens is 1. The SMILES string of the molecule is Cc1ccc(/C=C/C(=O)N[C@@H]2CCCC[C@H]2O)c(Br)c1. The van der Waals surface area contributed by atoms with E-state index < -0.39 is 6.10 Å². The van der Waals surface area contributed by atoms with E-state index in [0.717, 1.165) is 35.7 Å². The van der Waals surface area contributed by atoms with Gasteiger partial charge in [0.05, 0.1) is 12.1 Å². The van der Waals surface area contributed by atoms with E-state index in [9.17, 15) is 9.90 Å². The predicted molar refractivity (Wildman–Crippen MR) is 84.3 cm³/mol. The molecule has 1 aliphatic carbocycles. The molecule has 2 rings (SSSR count). The fourth-order valence-electron chi connectivity index (χ4n) is 2.44. The van der Waals surface area contributed by atoms with Crippen molar-refractivity contribution in [1.29, 1.82) is 0 Å². The van der Waals surface area contributed by atoms with Crippen LogP contribution in [0.1, 0.15) is 36.8 Å². The molecule has 1 amide bonds. The monoisotopic (exact) mass is 337 g/mol. The molecule has 3 nitrogen and oxygen atoms in total. The van der Waals surface area contributed by atoms with E-state index in [-0.39, 0.29) is 11.9 Å². The second-order valence-electron chi connectivity index (χ2n) is 5.33. The van der Waals surface area contributed by atoms with Crippen molar-refractivity contribution in [3.8, 4) is 0 Å². The second kappa shape index (κ2) is 7.04. The van der Waals surface area contributed by atoms with Crippen molar-refractivity contribution in [3.05, 3.63) is 39.9 Å². The summed E-state index contributed by atoms with van der Waals surface area (Å²) in [6.45, 7) is 2.02. The molecular weight excluding hydrogens is 318 g/mol. The maximum absolute atomic E-state index is 11.9. The molecule has 1 aromatic rings. The number of carbonyl (C=O) groups excluding carboxylic acids is 1. The molecule has 2 atom stereocenters. The van der Waals surface area contributed by atoms with Gasteiger partial charge in [-0.15, -0.1) is 0 Å². The topological polar surface area (TPSA) is 49.3 Å². The number of aliphatic hydroxyl groups excluding tert-OH is 1. The number of carbonyl (C=O) groups is 1. The standard InChI is InChI=1S/C16H20BrNO2/c1-11-6-7-12(13(17)10-11)8-9-16(20)18-14-4-2-3-5-15(14)19/h6-10,14-15,19H,2-5H2,1H3,(H,18,20)/b9-8+/t14-,15-/m1/s1. The van der Waals surface area contributed by atoms with Crippen LogP contribution in [0.5, 0.6) is 0 Å². The van der Waals surface area contributed by atoms with Crippen LogP contribution < -0.4 is 5.32 Å². The fraction of sp³-hybridized carbons (Fsp3) is 0.438. The van der Waals surface area contributed by atoms with Gasteiger partial charge in [0.25, 0.3) is 0 Å². The molecule has 0 aromatic heterocycles. The average molecular weight is 338 g/mol. The minimum absolute atomic E-state index is 0.109. The maximum atomic E-state index is 11.9. The molecule has 2 N–H and O–H groups in total. The summed E-state index contributed by atoms with van der Waals surface area (Å²) in [5.41, 5.74) is 2.14. The van der Waals surface area contributed by atoms with Gasteiger partial charge in [-0.1, -0.05) is 40.9 Å². The number of rotatable bonds is 3. The predicted octanol–water partition coefficient (Wildman–Crippen LogP) is 3.19. The fourth-order valence-corrected chi connectivity index (χ4v) is 3.07. The summed E-state index contributed by atoms with van der Waals surface area (Å²) in [5, 5.41) is 12.7. The largest absolute Gasteiger partial charge is 0.391 e. The van der Waals surface area contributed by atoms with Crippen LogP contribution >= 0.6 is 15.9 Å². The third kappa shape index (κ3) is 4.18. The zero-order valence-corrected chi connectivity index (χ0v) is 13.2. The molecule has 1 fully saturated rings. The molecule has 0 bridgehead atoms. The van der Waals surface area contributed by atoms with Crippen LogP contribution in [0, 0.1) is 6.92 Å². The van der Waals surface area contributed by atoms with Crippen LogP contribution in [-0.4, -0.2) is 23.2 Å². The molecule has 1 aromatic carbocycles. The van der Waals surface area contributed by atoms with Crippen molar-refractivity contribution in [2.24, 2.45) is 0 Å². The summed E-state index contributed by atoms with van der Waals surface area (Å²) in [6, 6.07) is 5.89. The van der Waals surface area contributed by atoms with Crippen LogP contribution in [0.15, 0.2) is 28.7 Å². The number of hydrogen-bond donors (Lipinski definition) is 2. The average Bonchev–Trinajstić information content (AvgIpc) is 2.40. The Hall–Kier alpha value is -1.13. The zero-order valence-electron chi connectivity index (χ0n) is 11.6. The van der Waals surface area contributed by atoms with Gasteiger partial charge in [0.1, 0.15) is 0 Å². The molecule has 0 radical (unpaired) electrons. The lowest BCUT2D eigenvalue weighted by atomic mass is 9.92. The van der Waals surface area contributed by atoms with Crippen LogP contribution in [0.4, 0.5) is 0 Å². The number of benzene rings is 1. The minimum Gasteiger partial charge on any atom is -0.391 e. The first-order chi connectivity index (χ1) is 9.56. The number of aryl methyl sites for hydroxylation is 1. The van der Waals surface area contributed by atoms with E-state index in [1.54, 1.807) is 6.08 Å². The Balaban J connectivity index is 1.95. The lowest BCUT2D eigenvalue weighted by Gasteiger charge is -2.27. The summed E-state index contributed by atoms with van der Waals surface area (Å²) in [7, 11) is 0. The first-order valence-corrected chi connectivity index (χ1v) is 7.78. The molecule has 108 valence electrons. The third-order valence-electron chi connectivity index (χ3n) is 3.63. The Morgan fingerprint density at radius 3 is 2.85 bits per heavy atom. The Labute approximate surface area is 128 Å². The summed E-state index contributed by atoms with van der Waals surface area (Å²) in [5.74, 6) is -0.150. The highest BCUT2D eigenvalue weighted by atomic mass is 79.9. The molecule has 4 heteroatoms. The number of nitrogens with one attached hydrogen (secondary N) is 1. The number of aliphatic hydroxyl groups is 1. The smallest absolute Gasteiger partial charge is 0.244 e. The highest BCUT2D eigenvalue weighted by Crippen LogP contribution is 2.20. The van der Waals surface area contributed by atoms with Gasteiger partial charge in [-0.25, -0.2) is 0 Å². The highest BCUT2D eigenvalue weighted by molar-refractivity contribution is 9.10. The summed E-state index contributed by atoms with van der Waals surface area (Å²) < 4.78 is 0.972. The van der Waals surface area contributed by atoms with Gasteiger partial charge in [-0.2, -0.15) is 0 Å². The number of hydrogen-bond acceptors (Lipinski definition) is 2. The quantitative estimate of drug-likeness (QED) is 0.832. The van der Waals surface area contributed by atoms with Crippen LogP contribution in [0.25, 0.3) is 6.08 Å². The van der Waals surface area contributed by atoms with Crippen molar-refractivity contribution in [2.75, 3.05) is 0 Å². The lowest BCUT2D eigenvalue weighted by Crippen LogP contribution is -2.44.